The summed E-state index contributed by atoms with van der Waals surface area (Å²) in [6.45, 7) is 8.21. The third-order valence-corrected chi connectivity index (χ3v) is 5.63. The molecule has 0 aromatic heterocycles. The van der Waals surface area contributed by atoms with Gasteiger partial charge in [0.25, 0.3) is 0 Å². The van der Waals surface area contributed by atoms with Gasteiger partial charge in [-0.1, -0.05) is 116 Å². The molecule has 0 aliphatic carbocycles. The van der Waals surface area contributed by atoms with Crippen LogP contribution in [0.1, 0.15) is 149 Å². The molecule has 0 bridgehead atoms. The van der Waals surface area contributed by atoms with Gasteiger partial charge in [-0.2, -0.15) is 0 Å². The van der Waals surface area contributed by atoms with Gasteiger partial charge in [0.05, 0.1) is 7.11 Å². The van der Waals surface area contributed by atoms with Crippen LogP contribution in [0.4, 0.5) is 0 Å². The van der Waals surface area contributed by atoms with E-state index in [0.29, 0.717) is 6.42 Å². The van der Waals surface area contributed by atoms with Crippen molar-refractivity contribution in [2.24, 2.45) is 0 Å². The van der Waals surface area contributed by atoms with Gasteiger partial charge in [-0.3, -0.25) is 4.79 Å². The summed E-state index contributed by atoms with van der Waals surface area (Å²) in [7, 11) is 1.46. The number of carbonyl (C=O) groups is 1. The Hall–Kier alpha value is -1.05. The average molecular weight is 437 g/mol. The number of ether oxygens (including phenoxy) is 1. The lowest BCUT2D eigenvalue weighted by atomic mass is 10.1. The van der Waals surface area contributed by atoms with Gasteiger partial charge in [-0.15, -0.1) is 6.58 Å². The molecule has 0 unspecified atom stereocenters. The normalized spacial score (nSPS) is 10.7. The van der Waals surface area contributed by atoms with E-state index in [1.54, 1.807) is 0 Å². The molecule has 0 fully saturated rings. The predicted octanol–water partition coefficient (Wildman–Crippen LogP) is 10.1. The summed E-state index contributed by atoms with van der Waals surface area (Å²) in [5, 5.41) is 0. The highest BCUT2D eigenvalue weighted by Gasteiger charge is 1.98. The maximum atomic E-state index is 10.9. The van der Waals surface area contributed by atoms with Gasteiger partial charge in [0.2, 0.25) is 0 Å². The van der Waals surface area contributed by atoms with Crippen LogP contribution in [0.15, 0.2) is 24.8 Å². The maximum Gasteiger partial charge on any atom is 0.305 e. The first-order valence-corrected chi connectivity index (χ1v) is 13.6. The molecule has 2 nitrogen and oxygen atoms in total. The molecular formula is C29H56O2. The SMILES string of the molecule is C=CCCCCCCCC.CCCCCCCC/C=C/CCCCCCCC(=O)OC. The topological polar surface area (TPSA) is 26.3 Å². The Morgan fingerprint density at radius 3 is 1.42 bits per heavy atom. The van der Waals surface area contributed by atoms with E-state index in [1.165, 1.54) is 123 Å². The lowest BCUT2D eigenvalue weighted by Gasteiger charge is -2.00. The lowest BCUT2D eigenvalue weighted by molar-refractivity contribution is -0.140. The molecule has 0 aliphatic rings. The minimum Gasteiger partial charge on any atom is -0.469 e. The van der Waals surface area contributed by atoms with Crippen molar-refractivity contribution in [3.8, 4) is 0 Å². The molecule has 0 aromatic rings. The molecule has 184 valence electrons. The van der Waals surface area contributed by atoms with Crippen molar-refractivity contribution in [2.75, 3.05) is 7.11 Å². The number of unbranched alkanes of at least 4 members (excludes halogenated alkanes) is 17. The van der Waals surface area contributed by atoms with Gasteiger partial charge in [-0.25, -0.2) is 0 Å². The highest BCUT2D eigenvalue weighted by Crippen LogP contribution is 2.10. The summed E-state index contributed by atoms with van der Waals surface area (Å²) < 4.78 is 4.62. The number of carbonyl (C=O) groups excluding carboxylic acids is 1. The van der Waals surface area contributed by atoms with Crippen LogP contribution in [0.2, 0.25) is 0 Å². The minimum atomic E-state index is -0.0763. The van der Waals surface area contributed by atoms with Crippen LogP contribution in [0, 0.1) is 0 Å². The van der Waals surface area contributed by atoms with Crippen molar-refractivity contribution >= 4 is 5.97 Å². The van der Waals surface area contributed by atoms with Crippen LogP contribution in [0.3, 0.4) is 0 Å². The van der Waals surface area contributed by atoms with Crippen molar-refractivity contribution < 1.29 is 9.53 Å². The molecule has 0 saturated heterocycles. The molecule has 0 aliphatic heterocycles. The van der Waals surface area contributed by atoms with E-state index in [9.17, 15) is 4.79 Å². The Morgan fingerprint density at radius 1 is 0.613 bits per heavy atom. The molecule has 0 saturated carbocycles. The molecule has 0 rings (SSSR count). The summed E-state index contributed by atoms with van der Waals surface area (Å²) in [6, 6.07) is 0. The predicted molar refractivity (Wildman–Crippen MR) is 140 cm³/mol. The van der Waals surface area contributed by atoms with Crippen molar-refractivity contribution in [3.05, 3.63) is 24.8 Å². The second-order valence-corrected chi connectivity index (χ2v) is 8.76. The molecule has 2 heteroatoms. The summed E-state index contributed by atoms with van der Waals surface area (Å²) in [5.41, 5.74) is 0. The van der Waals surface area contributed by atoms with E-state index >= 15 is 0 Å². The van der Waals surface area contributed by atoms with Crippen LogP contribution < -0.4 is 0 Å². The number of hydrogen-bond donors (Lipinski definition) is 0. The molecule has 0 aromatic carbocycles. The number of allylic oxidation sites excluding steroid dienone is 3. The van der Waals surface area contributed by atoms with Gasteiger partial charge >= 0.3 is 5.97 Å². The zero-order chi connectivity index (χ0) is 23.3. The van der Waals surface area contributed by atoms with Crippen LogP contribution in [0.25, 0.3) is 0 Å². The van der Waals surface area contributed by atoms with Crippen LogP contribution in [-0.2, 0) is 9.53 Å². The van der Waals surface area contributed by atoms with Crippen molar-refractivity contribution in [2.45, 2.75) is 149 Å². The van der Waals surface area contributed by atoms with Gasteiger partial charge < -0.3 is 4.74 Å². The first-order chi connectivity index (χ1) is 15.2. The Morgan fingerprint density at radius 2 is 1.00 bits per heavy atom. The van der Waals surface area contributed by atoms with Gasteiger partial charge in [0, 0.05) is 6.42 Å². The van der Waals surface area contributed by atoms with E-state index in [-0.39, 0.29) is 5.97 Å². The van der Waals surface area contributed by atoms with Crippen LogP contribution in [0.5, 0.6) is 0 Å². The van der Waals surface area contributed by atoms with E-state index in [4.69, 9.17) is 0 Å². The molecule has 31 heavy (non-hydrogen) atoms. The first kappa shape index (κ1) is 32.1. The van der Waals surface area contributed by atoms with Gasteiger partial charge in [0.15, 0.2) is 0 Å². The Labute approximate surface area is 196 Å². The number of hydrogen-bond acceptors (Lipinski definition) is 2. The molecule has 0 heterocycles. The van der Waals surface area contributed by atoms with E-state index < -0.39 is 0 Å². The van der Waals surface area contributed by atoms with Gasteiger partial charge in [0.1, 0.15) is 0 Å². The van der Waals surface area contributed by atoms with Crippen molar-refractivity contribution in [1.82, 2.24) is 0 Å². The fourth-order valence-electron chi connectivity index (χ4n) is 3.51. The van der Waals surface area contributed by atoms with Crippen molar-refractivity contribution in [1.29, 1.82) is 0 Å². The fraction of sp³-hybridized carbons (Fsp3) is 0.828. The van der Waals surface area contributed by atoms with Crippen LogP contribution >= 0.6 is 0 Å². The monoisotopic (exact) mass is 436 g/mol. The standard InChI is InChI=1S/C19H36O2.C10H20/c1-3-4-5-6-7-8-9-10-11-12-13-14-15-16-17-18-19(20)21-2;1-3-5-7-9-10-8-6-4-2/h10-11H,3-9,12-18H2,1-2H3;3H,1,4-10H2,2H3/b11-10+;. The largest absolute Gasteiger partial charge is 0.469 e. The first-order valence-electron chi connectivity index (χ1n) is 13.6. The molecule has 0 N–H and O–H groups in total. The zero-order valence-electron chi connectivity index (χ0n) is 21.6. The molecule has 0 atom stereocenters. The van der Waals surface area contributed by atoms with E-state index in [0.717, 1.165) is 12.8 Å². The Bertz CT molecular complexity index is 373. The van der Waals surface area contributed by atoms with E-state index in [1.807, 2.05) is 6.08 Å². The number of rotatable bonds is 22. The second-order valence-electron chi connectivity index (χ2n) is 8.76. The summed E-state index contributed by atoms with van der Waals surface area (Å²) in [6.07, 6.45) is 33.5. The minimum absolute atomic E-state index is 0.0763. The average Bonchev–Trinajstić information content (AvgIpc) is 2.79. The van der Waals surface area contributed by atoms with Crippen molar-refractivity contribution in [3.63, 3.8) is 0 Å². The molecule has 0 spiro atoms. The number of methoxy groups -OCH3 is 1. The smallest absolute Gasteiger partial charge is 0.305 e. The maximum absolute atomic E-state index is 10.9. The highest BCUT2D eigenvalue weighted by atomic mass is 16.5. The van der Waals surface area contributed by atoms with Crippen LogP contribution in [-0.4, -0.2) is 13.1 Å². The fourth-order valence-corrected chi connectivity index (χ4v) is 3.51. The quantitative estimate of drug-likeness (QED) is 0.0958. The van der Waals surface area contributed by atoms with Gasteiger partial charge in [-0.05, 0) is 44.9 Å². The molecule has 0 amide bonds. The lowest BCUT2D eigenvalue weighted by Crippen LogP contribution is -1.98. The Balaban J connectivity index is 0. The summed E-state index contributed by atoms with van der Waals surface area (Å²) in [5.74, 6) is -0.0763. The zero-order valence-corrected chi connectivity index (χ0v) is 21.6. The third kappa shape index (κ3) is 33.8. The summed E-state index contributed by atoms with van der Waals surface area (Å²) >= 11 is 0. The highest BCUT2D eigenvalue weighted by molar-refractivity contribution is 5.68. The molecule has 0 radical (unpaired) electrons. The third-order valence-electron chi connectivity index (χ3n) is 5.63. The number of esters is 1. The summed E-state index contributed by atoms with van der Waals surface area (Å²) in [4.78, 5) is 10.9. The molecular weight excluding hydrogens is 380 g/mol. The Kier molecular flexibility index (Phi) is 32.3. The van der Waals surface area contributed by atoms with E-state index in [2.05, 4.69) is 37.3 Å². The second kappa shape index (κ2) is 31.1.